The summed E-state index contributed by atoms with van der Waals surface area (Å²) in [5.74, 6) is 0.298. The van der Waals surface area contributed by atoms with E-state index in [0.717, 1.165) is 32.8 Å². The van der Waals surface area contributed by atoms with Crippen LogP contribution in [0.3, 0.4) is 0 Å². The van der Waals surface area contributed by atoms with Gasteiger partial charge in [0, 0.05) is 27.3 Å². The number of fused-ring (bicyclic) bond motifs is 4. The molecule has 4 nitrogen and oxygen atoms in total. The van der Waals surface area contributed by atoms with Crippen molar-refractivity contribution >= 4 is 32.7 Å². The normalized spacial score (nSPS) is 11.5. The fraction of sp³-hybridized carbons (Fsp3) is 0.0870. The zero-order chi connectivity index (χ0) is 19.4. The van der Waals surface area contributed by atoms with Gasteiger partial charge >= 0.3 is 5.63 Å². The van der Waals surface area contributed by atoms with E-state index >= 15 is 0 Å². The van der Waals surface area contributed by atoms with E-state index in [1.165, 1.54) is 12.1 Å². The molecule has 0 fully saturated rings. The Morgan fingerprint density at radius 3 is 2.43 bits per heavy atom. The Morgan fingerprint density at radius 2 is 1.68 bits per heavy atom. The van der Waals surface area contributed by atoms with Crippen molar-refractivity contribution in [1.29, 1.82) is 0 Å². The van der Waals surface area contributed by atoms with Crippen molar-refractivity contribution in [3.05, 3.63) is 76.6 Å². The van der Waals surface area contributed by atoms with Gasteiger partial charge in [-0.2, -0.15) is 0 Å². The van der Waals surface area contributed by atoms with Crippen molar-refractivity contribution in [2.75, 3.05) is 7.11 Å². The van der Waals surface area contributed by atoms with Crippen LogP contribution in [0.15, 0.2) is 68.4 Å². The van der Waals surface area contributed by atoms with Crippen molar-refractivity contribution in [3.63, 3.8) is 0 Å². The molecule has 0 saturated heterocycles. The zero-order valence-corrected chi connectivity index (χ0v) is 15.2. The van der Waals surface area contributed by atoms with E-state index in [0.29, 0.717) is 22.3 Å². The molecule has 2 heterocycles. The lowest BCUT2D eigenvalue weighted by Gasteiger charge is -2.08. The first-order chi connectivity index (χ1) is 13.6. The molecule has 0 aliphatic heterocycles. The van der Waals surface area contributed by atoms with Gasteiger partial charge in [0.25, 0.3) is 0 Å². The summed E-state index contributed by atoms with van der Waals surface area (Å²) in [6, 6.07) is 13.6. The summed E-state index contributed by atoms with van der Waals surface area (Å²) < 4.78 is 30.0. The summed E-state index contributed by atoms with van der Waals surface area (Å²) in [4.78, 5) is 12.5. The molecule has 0 bridgehead atoms. The fourth-order valence-electron chi connectivity index (χ4n) is 3.70. The topological polar surface area (TPSA) is 52.6 Å². The van der Waals surface area contributed by atoms with Crippen molar-refractivity contribution < 1.29 is 18.0 Å². The molecular weight excluding hydrogens is 359 g/mol. The molecule has 5 rings (SSSR count). The van der Waals surface area contributed by atoms with Gasteiger partial charge in [0.05, 0.1) is 18.8 Å². The van der Waals surface area contributed by atoms with Gasteiger partial charge in [0.2, 0.25) is 0 Å². The quantitative estimate of drug-likeness (QED) is 0.289. The number of furan rings is 1. The third kappa shape index (κ3) is 2.33. The lowest BCUT2D eigenvalue weighted by Crippen LogP contribution is -2.01. The first-order valence-electron chi connectivity index (χ1n) is 8.78. The summed E-state index contributed by atoms with van der Waals surface area (Å²) in [6.45, 7) is 1.86. The molecule has 0 amide bonds. The minimum atomic E-state index is -0.422. The molecule has 0 aliphatic rings. The zero-order valence-electron chi connectivity index (χ0n) is 15.2. The van der Waals surface area contributed by atoms with Gasteiger partial charge < -0.3 is 13.6 Å². The summed E-state index contributed by atoms with van der Waals surface area (Å²) in [5, 5.41) is 2.93. The second-order valence-corrected chi connectivity index (χ2v) is 6.71. The van der Waals surface area contributed by atoms with Gasteiger partial charge in [-0.3, -0.25) is 0 Å². The van der Waals surface area contributed by atoms with Crippen LogP contribution in [0.5, 0.6) is 5.75 Å². The fourth-order valence-corrected chi connectivity index (χ4v) is 3.70. The van der Waals surface area contributed by atoms with Crippen LogP contribution >= 0.6 is 0 Å². The molecular formula is C23H15FO4. The number of halogens is 1. The molecule has 0 spiro atoms. The Kier molecular flexibility index (Phi) is 3.52. The highest BCUT2D eigenvalue weighted by Gasteiger charge is 2.17. The molecule has 5 aromatic rings. The second-order valence-electron chi connectivity index (χ2n) is 6.71. The highest BCUT2D eigenvalue weighted by molar-refractivity contribution is 6.12. The molecule has 0 aliphatic carbocycles. The van der Waals surface area contributed by atoms with Gasteiger partial charge in [0.1, 0.15) is 22.7 Å². The first-order valence-corrected chi connectivity index (χ1v) is 8.78. The van der Waals surface area contributed by atoms with Gasteiger partial charge in [-0.1, -0.05) is 12.1 Å². The summed E-state index contributed by atoms with van der Waals surface area (Å²) in [5.41, 5.74) is 3.16. The van der Waals surface area contributed by atoms with Crippen LogP contribution in [0.4, 0.5) is 4.39 Å². The number of ether oxygens (including phenoxy) is 1. The molecule has 0 unspecified atom stereocenters. The van der Waals surface area contributed by atoms with E-state index < -0.39 is 5.63 Å². The van der Waals surface area contributed by atoms with Crippen molar-refractivity contribution in [3.8, 4) is 16.9 Å². The number of methoxy groups -OCH3 is 1. The maximum Gasteiger partial charge on any atom is 0.344 e. The number of hydrogen-bond acceptors (Lipinski definition) is 4. The minimum absolute atomic E-state index is 0.292. The Balaban J connectivity index is 1.90. The molecule has 5 heteroatoms. The third-order valence-corrected chi connectivity index (χ3v) is 5.13. The maximum atomic E-state index is 13.3. The van der Waals surface area contributed by atoms with E-state index in [4.69, 9.17) is 13.6 Å². The van der Waals surface area contributed by atoms with Gasteiger partial charge in [-0.05, 0) is 48.9 Å². The monoisotopic (exact) mass is 374 g/mol. The standard InChI is InChI=1S/C23H15FO4/c1-12-21-18(20(11-27-21)13-3-5-14(24)6-4-13)10-17-16-8-7-15(26-2)9-19(16)23(25)28-22(12)17/h3-11H,1-2H3. The lowest BCUT2D eigenvalue weighted by molar-refractivity contribution is 0.415. The van der Waals surface area contributed by atoms with Crippen LogP contribution < -0.4 is 10.4 Å². The SMILES string of the molecule is COc1ccc2c(c1)c(=O)oc1c(C)c3occ(-c4ccc(F)cc4)c3cc12. The smallest absolute Gasteiger partial charge is 0.344 e. The van der Waals surface area contributed by atoms with Crippen LogP contribution in [0, 0.1) is 12.7 Å². The average molecular weight is 374 g/mol. The number of benzene rings is 3. The van der Waals surface area contributed by atoms with Crippen LogP contribution in [-0.2, 0) is 0 Å². The predicted octanol–water partition coefficient (Wildman–Crippen LogP) is 5.82. The molecule has 0 radical (unpaired) electrons. The number of rotatable bonds is 2. The molecule has 0 saturated carbocycles. The van der Waals surface area contributed by atoms with Crippen LogP contribution in [0.2, 0.25) is 0 Å². The summed E-state index contributed by atoms with van der Waals surface area (Å²) in [7, 11) is 1.55. The predicted molar refractivity (Wildman–Crippen MR) is 106 cm³/mol. The first kappa shape index (κ1) is 16.6. The highest BCUT2D eigenvalue weighted by Crippen LogP contribution is 2.38. The maximum absolute atomic E-state index is 13.3. The van der Waals surface area contributed by atoms with E-state index in [9.17, 15) is 9.18 Å². The van der Waals surface area contributed by atoms with Gasteiger partial charge in [-0.25, -0.2) is 9.18 Å². The molecule has 0 N–H and O–H groups in total. The third-order valence-electron chi connectivity index (χ3n) is 5.13. The average Bonchev–Trinajstić information content (AvgIpc) is 3.14. The van der Waals surface area contributed by atoms with Gasteiger partial charge in [-0.15, -0.1) is 0 Å². The van der Waals surface area contributed by atoms with Crippen LogP contribution in [0.25, 0.3) is 43.8 Å². The lowest BCUT2D eigenvalue weighted by atomic mass is 9.99. The van der Waals surface area contributed by atoms with Gasteiger partial charge in [0.15, 0.2) is 0 Å². The van der Waals surface area contributed by atoms with Crippen LogP contribution in [0.1, 0.15) is 5.56 Å². The van der Waals surface area contributed by atoms with Crippen molar-refractivity contribution in [2.24, 2.45) is 0 Å². The largest absolute Gasteiger partial charge is 0.497 e. The Hall–Kier alpha value is -3.60. The molecule has 2 aromatic heterocycles. The second kappa shape index (κ2) is 5.96. The molecule has 138 valence electrons. The molecule has 3 aromatic carbocycles. The number of hydrogen-bond donors (Lipinski definition) is 0. The summed E-state index contributed by atoms with van der Waals surface area (Å²) >= 11 is 0. The van der Waals surface area contributed by atoms with E-state index in [1.54, 1.807) is 31.6 Å². The minimum Gasteiger partial charge on any atom is -0.497 e. The molecule has 0 atom stereocenters. The molecule has 28 heavy (non-hydrogen) atoms. The van der Waals surface area contributed by atoms with Crippen molar-refractivity contribution in [2.45, 2.75) is 6.92 Å². The Bertz CT molecular complexity index is 1430. The summed E-state index contributed by atoms with van der Waals surface area (Å²) in [6.07, 6.45) is 1.65. The van der Waals surface area contributed by atoms with Crippen LogP contribution in [-0.4, -0.2) is 7.11 Å². The van der Waals surface area contributed by atoms with E-state index in [1.807, 2.05) is 25.1 Å². The Morgan fingerprint density at radius 1 is 0.893 bits per heavy atom. The van der Waals surface area contributed by atoms with Crippen molar-refractivity contribution in [1.82, 2.24) is 0 Å². The number of aryl methyl sites for hydroxylation is 1. The van der Waals surface area contributed by atoms with E-state index in [-0.39, 0.29) is 5.82 Å². The highest BCUT2D eigenvalue weighted by atomic mass is 19.1. The van der Waals surface area contributed by atoms with E-state index in [2.05, 4.69) is 0 Å². The Labute approximate surface area is 158 Å².